The van der Waals surface area contributed by atoms with Gasteiger partial charge in [0.2, 0.25) is 0 Å². The van der Waals surface area contributed by atoms with Gasteiger partial charge in [-0.25, -0.2) is 8.78 Å². The van der Waals surface area contributed by atoms with Gasteiger partial charge in [0, 0.05) is 13.1 Å². The summed E-state index contributed by atoms with van der Waals surface area (Å²) < 4.78 is 27.2. The van der Waals surface area contributed by atoms with Crippen LogP contribution in [0.4, 0.5) is 8.78 Å². The second-order valence-corrected chi connectivity index (χ2v) is 4.04. The van der Waals surface area contributed by atoms with Crippen LogP contribution in [0.5, 0.6) is 0 Å². The second kappa shape index (κ2) is 3.50. The summed E-state index contributed by atoms with van der Waals surface area (Å²) in [5, 5.41) is 2.87. The van der Waals surface area contributed by atoms with Crippen LogP contribution in [-0.4, -0.2) is 44.6 Å². The molecule has 1 atom stereocenters. The first-order valence-electron chi connectivity index (χ1n) is 4.68. The van der Waals surface area contributed by atoms with Crippen molar-refractivity contribution in [3.63, 3.8) is 0 Å². The lowest BCUT2D eigenvalue weighted by Crippen LogP contribution is -2.46. The molecule has 1 saturated heterocycles. The third-order valence-electron chi connectivity index (χ3n) is 3.01. The number of alkyl halides is 2. The van der Waals surface area contributed by atoms with Gasteiger partial charge < -0.3 is 5.32 Å². The Bertz CT molecular complexity index is 184. The maximum Gasteiger partial charge on any atom is 0.268 e. The molecule has 0 aromatic carbocycles. The van der Waals surface area contributed by atoms with Crippen LogP contribution in [0.2, 0.25) is 0 Å². The van der Waals surface area contributed by atoms with E-state index in [0.717, 1.165) is 0 Å². The zero-order valence-electron chi connectivity index (χ0n) is 8.53. The topological polar surface area (TPSA) is 15.3 Å². The Balaban J connectivity index is 2.84. The van der Waals surface area contributed by atoms with E-state index in [4.69, 9.17) is 0 Å². The molecule has 13 heavy (non-hydrogen) atoms. The molecule has 1 rings (SSSR count). The van der Waals surface area contributed by atoms with Gasteiger partial charge in [-0.05, 0) is 20.5 Å². The number of likely N-dealkylation sites (tertiary alicyclic amines) is 1. The smallest absolute Gasteiger partial charge is 0.268 e. The second-order valence-electron chi connectivity index (χ2n) is 4.04. The fourth-order valence-electron chi connectivity index (χ4n) is 2.21. The maximum atomic E-state index is 13.6. The summed E-state index contributed by atoms with van der Waals surface area (Å²) >= 11 is 0. The average molecular weight is 192 g/mol. The fraction of sp³-hybridized carbons (Fsp3) is 1.00. The van der Waals surface area contributed by atoms with Gasteiger partial charge >= 0.3 is 0 Å². The highest BCUT2D eigenvalue weighted by Crippen LogP contribution is 2.45. The van der Waals surface area contributed by atoms with Gasteiger partial charge in [-0.2, -0.15) is 0 Å². The zero-order chi connectivity index (χ0) is 10.1. The van der Waals surface area contributed by atoms with E-state index < -0.39 is 11.3 Å². The van der Waals surface area contributed by atoms with Gasteiger partial charge in [-0.3, -0.25) is 4.90 Å². The fourth-order valence-corrected chi connectivity index (χ4v) is 2.21. The molecular weight excluding hydrogens is 174 g/mol. The first-order chi connectivity index (χ1) is 5.97. The van der Waals surface area contributed by atoms with E-state index in [1.165, 1.54) is 0 Å². The number of hydrogen-bond donors (Lipinski definition) is 1. The third-order valence-corrected chi connectivity index (χ3v) is 3.01. The zero-order valence-corrected chi connectivity index (χ0v) is 8.53. The van der Waals surface area contributed by atoms with Gasteiger partial charge in [0.25, 0.3) is 5.92 Å². The lowest BCUT2D eigenvalue weighted by Gasteiger charge is -2.32. The Morgan fingerprint density at radius 1 is 1.38 bits per heavy atom. The minimum absolute atomic E-state index is 0.109. The van der Waals surface area contributed by atoms with Gasteiger partial charge in [-0.15, -0.1) is 0 Å². The monoisotopic (exact) mass is 192 g/mol. The summed E-state index contributed by atoms with van der Waals surface area (Å²) in [4.78, 5) is 1.71. The molecule has 2 nitrogen and oxygen atoms in total. The Hall–Kier alpha value is -0.220. The van der Waals surface area contributed by atoms with Crippen molar-refractivity contribution in [2.75, 3.05) is 33.7 Å². The van der Waals surface area contributed by atoms with Crippen molar-refractivity contribution in [2.24, 2.45) is 5.41 Å². The first-order valence-corrected chi connectivity index (χ1v) is 4.68. The van der Waals surface area contributed by atoms with Crippen LogP contribution >= 0.6 is 0 Å². The number of rotatable bonds is 3. The average Bonchev–Trinajstić information content (AvgIpc) is 2.22. The molecule has 78 valence electrons. The van der Waals surface area contributed by atoms with Gasteiger partial charge in [0.15, 0.2) is 0 Å². The van der Waals surface area contributed by atoms with Gasteiger partial charge in [0.1, 0.15) is 0 Å². The Kier molecular flexibility index (Phi) is 2.92. The van der Waals surface area contributed by atoms with Crippen LogP contribution in [0.25, 0.3) is 0 Å². The van der Waals surface area contributed by atoms with Crippen LogP contribution in [0.15, 0.2) is 0 Å². The normalized spacial score (nSPS) is 33.9. The molecule has 1 fully saturated rings. The number of nitrogens with zero attached hydrogens (tertiary/aromatic N) is 1. The molecular formula is C9H18F2N2. The molecule has 0 amide bonds. The molecule has 1 aliphatic rings. The minimum atomic E-state index is -2.56. The molecule has 4 heteroatoms. The largest absolute Gasteiger partial charge is 0.319 e. The molecule has 1 N–H and O–H groups in total. The molecule has 0 spiro atoms. The Morgan fingerprint density at radius 3 is 2.31 bits per heavy atom. The van der Waals surface area contributed by atoms with E-state index in [2.05, 4.69) is 5.32 Å². The van der Waals surface area contributed by atoms with E-state index in [1.807, 2.05) is 6.92 Å². The molecule has 0 aromatic rings. The van der Waals surface area contributed by atoms with E-state index in [1.54, 1.807) is 19.0 Å². The molecule has 1 heterocycles. The summed E-state index contributed by atoms with van der Waals surface area (Å²) in [6, 6.07) is 0. The highest BCUT2D eigenvalue weighted by molar-refractivity contribution is 5.02. The lowest BCUT2D eigenvalue weighted by molar-refractivity contribution is -0.0842. The number of nitrogens with one attached hydrogen (secondary N) is 1. The summed E-state index contributed by atoms with van der Waals surface area (Å²) in [5.74, 6) is -2.56. The molecule has 1 aliphatic heterocycles. The molecule has 0 radical (unpaired) electrons. The molecule has 0 aliphatic carbocycles. The summed E-state index contributed by atoms with van der Waals surface area (Å²) in [6.45, 7) is 2.60. The number of halogens is 2. The van der Waals surface area contributed by atoms with Crippen molar-refractivity contribution in [3.8, 4) is 0 Å². The molecule has 0 bridgehead atoms. The Morgan fingerprint density at radius 2 is 2.00 bits per heavy atom. The van der Waals surface area contributed by atoms with Crippen LogP contribution in [0, 0.1) is 5.41 Å². The summed E-state index contributed by atoms with van der Waals surface area (Å²) in [5.41, 5.74) is -0.865. The van der Waals surface area contributed by atoms with Crippen molar-refractivity contribution in [2.45, 2.75) is 19.3 Å². The van der Waals surface area contributed by atoms with Crippen LogP contribution in [0.3, 0.4) is 0 Å². The third kappa shape index (κ3) is 1.70. The first kappa shape index (κ1) is 10.9. The van der Waals surface area contributed by atoms with Crippen LogP contribution in [0.1, 0.15) is 13.3 Å². The van der Waals surface area contributed by atoms with E-state index >= 15 is 0 Å². The lowest BCUT2D eigenvalue weighted by atomic mass is 9.81. The highest BCUT2D eigenvalue weighted by Gasteiger charge is 2.57. The van der Waals surface area contributed by atoms with E-state index in [0.29, 0.717) is 19.5 Å². The molecule has 1 unspecified atom stereocenters. The van der Waals surface area contributed by atoms with Crippen molar-refractivity contribution in [1.82, 2.24) is 10.2 Å². The van der Waals surface area contributed by atoms with E-state index in [-0.39, 0.29) is 6.54 Å². The van der Waals surface area contributed by atoms with Crippen molar-refractivity contribution >= 4 is 0 Å². The quantitative estimate of drug-likeness (QED) is 0.722. The minimum Gasteiger partial charge on any atom is -0.319 e. The van der Waals surface area contributed by atoms with Gasteiger partial charge in [-0.1, -0.05) is 6.92 Å². The number of hydrogen-bond acceptors (Lipinski definition) is 2. The summed E-state index contributed by atoms with van der Waals surface area (Å²) in [6.07, 6.45) is 0.519. The molecule has 0 saturated carbocycles. The van der Waals surface area contributed by atoms with Gasteiger partial charge in [0.05, 0.1) is 12.0 Å². The maximum absolute atomic E-state index is 13.6. The highest BCUT2D eigenvalue weighted by atomic mass is 19.3. The molecule has 0 aromatic heterocycles. The van der Waals surface area contributed by atoms with Crippen molar-refractivity contribution < 1.29 is 8.78 Å². The van der Waals surface area contributed by atoms with Crippen molar-refractivity contribution in [3.05, 3.63) is 0 Å². The Labute approximate surface area is 78.3 Å². The standard InChI is InChI=1S/C9H18F2N2/c1-4-8(5-12-2)6-13(3)7-9(8,10)11/h12H,4-7H2,1-3H3. The predicted octanol–water partition coefficient (Wildman–Crippen LogP) is 1.18. The SMILES string of the molecule is CCC1(CNC)CN(C)CC1(F)F. The van der Waals surface area contributed by atoms with Crippen LogP contribution in [-0.2, 0) is 0 Å². The van der Waals surface area contributed by atoms with Crippen molar-refractivity contribution in [1.29, 1.82) is 0 Å². The summed E-state index contributed by atoms with van der Waals surface area (Å²) in [7, 11) is 3.48. The van der Waals surface area contributed by atoms with E-state index in [9.17, 15) is 8.78 Å². The predicted molar refractivity (Wildman–Crippen MR) is 49.1 cm³/mol. The van der Waals surface area contributed by atoms with Crippen LogP contribution < -0.4 is 5.32 Å².